The first-order valence-corrected chi connectivity index (χ1v) is 4.58. The minimum atomic E-state index is -0.288. The van der Waals surface area contributed by atoms with Crippen LogP contribution in [0, 0.1) is 0 Å². The van der Waals surface area contributed by atoms with Crippen molar-refractivity contribution in [3.63, 3.8) is 0 Å². The molecule has 0 fully saturated rings. The van der Waals surface area contributed by atoms with Crippen LogP contribution < -0.4 is 5.32 Å². The Bertz CT molecular complexity index is 219. The third-order valence-corrected chi connectivity index (χ3v) is 1.80. The van der Waals surface area contributed by atoms with Crippen molar-refractivity contribution in [3.8, 4) is 0 Å². The Labute approximate surface area is 79.2 Å². The number of hydrogen-bond acceptors (Lipinski definition) is 2. The summed E-state index contributed by atoms with van der Waals surface area (Å²) < 4.78 is 0. The highest BCUT2D eigenvalue weighted by atomic mass is 16.2. The molecular formula is C10H17NO2. The molecule has 0 heterocycles. The maximum absolute atomic E-state index is 11.1. The highest BCUT2D eigenvalue weighted by Gasteiger charge is 2.07. The Morgan fingerprint density at radius 3 is 2.46 bits per heavy atom. The maximum Gasteiger partial charge on any atom is 0.253 e. The first-order chi connectivity index (χ1) is 6.11. The van der Waals surface area contributed by atoms with E-state index in [0.717, 1.165) is 12.8 Å². The molecule has 2 amide bonds. The van der Waals surface area contributed by atoms with Gasteiger partial charge in [0.2, 0.25) is 5.91 Å². The molecule has 0 aromatic carbocycles. The fraction of sp³-hybridized carbons (Fsp3) is 0.600. The molecule has 0 atom stereocenters. The number of hydrogen-bond donors (Lipinski definition) is 1. The Hall–Kier alpha value is -1.12. The van der Waals surface area contributed by atoms with Crippen molar-refractivity contribution in [3.05, 3.63) is 11.6 Å². The number of carbonyl (C=O) groups is 2. The number of amides is 2. The van der Waals surface area contributed by atoms with E-state index in [1.54, 1.807) is 19.9 Å². The van der Waals surface area contributed by atoms with Gasteiger partial charge in [0.25, 0.3) is 5.91 Å². The lowest BCUT2D eigenvalue weighted by Gasteiger charge is -2.02. The fourth-order valence-electron chi connectivity index (χ4n) is 0.756. The van der Waals surface area contributed by atoms with E-state index in [1.165, 1.54) is 0 Å². The van der Waals surface area contributed by atoms with Crippen LogP contribution in [0.5, 0.6) is 0 Å². The van der Waals surface area contributed by atoms with Gasteiger partial charge in [-0.05, 0) is 20.3 Å². The third-order valence-electron chi connectivity index (χ3n) is 1.80. The summed E-state index contributed by atoms with van der Waals surface area (Å²) in [6.45, 7) is 5.46. The Morgan fingerprint density at radius 1 is 1.38 bits per heavy atom. The number of unbranched alkanes of at least 4 members (excludes halogenated alkanes) is 1. The van der Waals surface area contributed by atoms with Crippen molar-refractivity contribution in [1.29, 1.82) is 0 Å². The molecule has 0 rings (SSSR count). The molecular weight excluding hydrogens is 166 g/mol. The van der Waals surface area contributed by atoms with Gasteiger partial charge in [0.1, 0.15) is 0 Å². The molecule has 0 unspecified atom stereocenters. The summed E-state index contributed by atoms with van der Waals surface area (Å²) >= 11 is 0. The standard InChI is InChI=1S/C10H17NO2/c1-4-6-7-9(12)11-10(13)8(3)5-2/h5H,4,6-7H2,1-3H3,(H,11,12,13)/b8-5-. The zero-order valence-electron chi connectivity index (χ0n) is 8.52. The van der Waals surface area contributed by atoms with Gasteiger partial charge >= 0.3 is 0 Å². The topological polar surface area (TPSA) is 46.2 Å². The highest BCUT2D eigenvalue weighted by Crippen LogP contribution is 1.95. The van der Waals surface area contributed by atoms with Crippen LogP contribution >= 0.6 is 0 Å². The van der Waals surface area contributed by atoms with Crippen molar-refractivity contribution in [2.24, 2.45) is 0 Å². The van der Waals surface area contributed by atoms with E-state index in [9.17, 15) is 9.59 Å². The number of imide groups is 1. The molecule has 3 nitrogen and oxygen atoms in total. The normalized spacial score (nSPS) is 11.2. The molecule has 0 radical (unpaired) electrons. The molecule has 0 aromatic heterocycles. The van der Waals surface area contributed by atoms with Crippen LogP contribution in [0.2, 0.25) is 0 Å². The van der Waals surface area contributed by atoms with Crippen LogP contribution in [-0.2, 0) is 9.59 Å². The van der Waals surface area contributed by atoms with E-state index in [0.29, 0.717) is 12.0 Å². The Morgan fingerprint density at radius 2 is 2.00 bits per heavy atom. The van der Waals surface area contributed by atoms with Gasteiger partial charge < -0.3 is 0 Å². The SMILES string of the molecule is C/C=C(/C)C(=O)NC(=O)CCCC. The van der Waals surface area contributed by atoms with E-state index in [2.05, 4.69) is 5.32 Å². The lowest BCUT2D eigenvalue weighted by molar-refractivity contribution is -0.128. The quantitative estimate of drug-likeness (QED) is 0.675. The Kier molecular flexibility index (Phi) is 5.85. The van der Waals surface area contributed by atoms with Gasteiger partial charge in [-0.3, -0.25) is 14.9 Å². The van der Waals surface area contributed by atoms with Crippen LogP contribution in [0.3, 0.4) is 0 Å². The van der Waals surface area contributed by atoms with E-state index >= 15 is 0 Å². The van der Waals surface area contributed by atoms with Gasteiger partial charge in [0.05, 0.1) is 0 Å². The highest BCUT2D eigenvalue weighted by molar-refractivity contribution is 6.03. The van der Waals surface area contributed by atoms with E-state index in [1.807, 2.05) is 6.92 Å². The van der Waals surface area contributed by atoms with Crippen molar-refractivity contribution in [1.82, 2.24) is 5.32 Å². The summed E-state index contributed by atoms with van der Waals surface area (Å²) in [6.07, 6.45) is 3.90. The van der Waals surface area contributed by atoms with Gasteiger partial charge in [0.15, 0.2) is 0 Å². The lowest BCUT2D eigenvalue weighted by Crippen LogP contribution is -2.30. The second-order valence-corrected chi connectivity index (χ2v) is 2.95. The largest absolute Gasteiger partial charge is 0.293 e. The number of rotatable bonds is 4. The molecule has 0 saturated carbocycles. The Balaban J connectivity index is 3.86. The van der Waals surface area contributed by atoms with Gasteiger partial charge in [-0.1, -0.05) is 19.4 Å². The summed E-state index contributed by atoms with van der Waals surface area (Å²) in [5.41, 5.74) is 0.574. The second-order valence-electron chi connectivity index (χ2n) is 2.95. The molecule has 13 heavy (non-hydrogen) atoms. The van der Waals surface area contributed by atoms with E-state index in [-0.39, 0.29) is 11.8 Å². The fourth-order valence-corrected chi connectivity index (χ4v) is 0.756. The van der Waals surface area contributed by atoms with Crippen molar-refractivity contribution >= 4 is 11.8 Å². The summed E-state index contributed by atoms with van der Waals surface area (Å²) in [4.78, 5) is 22.2. The third kappa shape index (κ3) is 5.17. The molecule has 0 aliphatic heterocycles. The smallest absolute Gasteiger partial charge is 0.253 e. The van der Waals surface area contributed by atoms with E-state index < -0.39 is 0 Å². The molecule has 0 aromatic rings. The minimum Gasteiger partial charge on any atom is -0.293 e. The molecule has 74 valence electrons. The predicted octanol–water partition coefficient (Wildman–Crippen LogP) is 1.79. The predicted molar refractivity (Wildman–Crippen MR) is 52.1 cm³/mol. The first kappa shape index (κ1) is 11.9. The first-order valence-electron chi connectivity index (χ1n) is 4.58. The number of allylic oxidation sites excluding steroid dienone is 1. The zero-order valence-corrected chi connectivity index (χ0v) is 8.52. The average Bonchev–Trinajstić information content (AvgIpc) is 2.13. The maximum atomic E-state index is 11.1. The van der Waals surface area contributed by atoms with Crippen LogP contribution in [0.15, 0.2) is 11.6 Å². The van der Waals surface area contributed by atoms with Crippen LogP contribution in [0.4, 0.5) is 0 Å². The molecule has 0 bridgehead atoms. The molecule has 3 heteroatoms. The van der Waals surface area contributed by atoms with Crippen molar-refractivity contribution < 1.29 is 9.59 Å². The zero-order chi connectivity index (χ0) is 10.3. The summed E-state index contributed by atoms with van der Waals surface area (Å²) in [5.74, 6) is -0.475. The number of carbonyl (C=O) groups excluding carboxylic acids is 2. The lowest BCUT2D eigenvalue weighted by atomic mass is 10.2. The molecule has 1 N–H and O–H groups in total. The van der Waals surface area contributed by atoms with Gasteiger partial charge in [0, 0.05) is 12.0 Å². The van der Waals surface area contributed by atoms with Gasteiger partial charge in [-0.2, -0.15) is 0 Å². The summed E-state index contributed by atoms with van der Waals surface area (Å²) in [6, 6.07) is 0. The monoisotopic (exact) mass is 183 g/mol. The van der Waals surface area contributed by atoms with Crippen LogP contribution in [-0.4, -0.2) is 11.8 Å². The van der Waals surface area contributed by atoms with Crippen LogP contribution in [0.1, 0.15) is 40.0 Å². The number of nitrogens with one attached hydrogen (secondary N) is 1. The van der Waals surface area contributed by atoms with Gasteiger partial charge in [-0.15, -0.1) is 0 Å². The van der Waals surface area contributed by atoms with Gasteiger partial charge in [-0.25, -0.2) is 0 Å². The van der Waals surface area contributed by atoms with Crippen LogP contribution in [0.25, 0.3) is 0 Å². The van der Waals surface area contributed by atoms with E-state index in [4.69, 9.17) is 0 Å². The average molecular weight is 183 g/mol. The van der Waals surface area contributed by atoms with Crippen molar-refractivity contribution in [2.75, 3.05) is 0 Å². The summed E-state index contributed by atoms with van der Waals surface area (Å²) in [5, 5.41) is 2.32. The molecule has 0 aliphatic rings. The summed E-state index contributed by atoms with van der Waals surface area (Å²) in [7, 11) is 0. The molecule has 0 spiro atoms. The second kappa shape index (κ2) is 6.40. The molecule has 0 saturated heterocycles. The molecule has 0 aliphatic carbocycles. The minimum absolute atomic E-state index is 0.187. The van der Waals surface area contributed by atoms with Crippen molar-refractivity contribution in [2.45, 2.75) is 40.0 Å².